The highest BCUT2D eigenvalue weighted by molar-refractivity contribution is 5.86. The number of carbonyl (C=O) groups is 1. The van der Waals surface area contributed by atoms with Crippen LogP contribution in [0.5, 0.6) is 0 Å². The average molecular weight is 266 g/mol. The Morgan fingerprint density at radius 1 is 0.947 bits per heavy atom. The van der Waals surface area contributed by atoms with Crippen LogP contribution in [0.25, 0.3) is 0 Å². The van der Waals surface area contributed by atoms with E-state index in [0.717, 1.165) is 25.9 Å². The molecule has 1 saturated carbocycles. The maximum atomic E-state index is 13.0. The molecule has 0 atom stereocenters. The van der Waals surface area contributed by atoms with Crippen LogP contribution in [0.1, 0.15) is 72.1 Å². The van der Waals surface area contributed by atoms with Gasteiger partial charge in [-0.3, -0.25) is 10.1 Å². The zero-order valence-electron chi connectivity index (χ0n) is 12.9. The fourth-order valence-electron chi connectivity index (χ4n) is 3.67. The number of hydrogen-bond donors (Lipinski definition) is 1. The molecule has 1 saturated heterocycles. The second-order valence-corrected chi connectivity index (χ2v) is 7.37. The predicted octanol–water partition coefficient (Wildman–Crippen LogP) is 3.09. The first-order valence-electron chi connectivity index (χ1n) is 8.02. The molecule has 2 aliphatic rings. The van der Waals surface area contributed by atoms with E-state index < -0.39 is 0 Å². The fourth-order valence-corrected chi connectivity index (χ4v) is 3.67. The molecule has 2 fully saturated rings. The molecule has 1 N–H and O–H groups in total. The molecule has 19 heavy (non-hydrogen) atoms. The van der Waals surface area contributed by atoms with Gasteiger partial charge in [-0.1, -0.05) is 19.3 Å². The van der Waals surface area contributed by atoms with Gasteiger partial charge in [-0.05, 0) is 52.9 Å². The fraction of sp³-hybridized carbons (Fsp3) is 0.938. The first kappa shape index (κ1) is 14.8. The summed E-state index contributed by atoms with van der Waals surface area (Å²) in [4.78, 5) is 15.1. The predicted molar refractivity (Wildman–Crippen MR) is 79.1 cm³/mol. The SMILES string of the molecule is CC(C)(C)NC1(C(=O)N2CCCCC2)CCCCC1. The van der Waals surface area contributed by atoms with E-state index in [1.807, 2.05) is 0 Å². The second kappa shape index (κ2) is 5.82. The zero-order chi connectivity index (χ0) is 13.9. The van der Waals surface area contributed by atoms with E-state index in [-0.39, 0.29) is 11.1 Å². The quantitative estimate of drug-likeness (QED) is 0.833. The molecule has 3 heteroatoms. The third-order valence-electron chi connectivity index (χ3n) is 4.37. The van der Waals surface area contributed by atoms with Gasteiger partial charge in [0, 0.05) is 18.6 Å². The van der Waals surface area contributed by atoms with E-state index in [0.29, 0.717) is 5.91 Å². The Labute approximate surface area is 118 Å². The van der Waals surface area contributed by atoms with E-state index in [9.17, 15) is 4.79 Å². The molecule has 0 aromatic rings. The number of amides is 1. The minimum absolute atomic E-state index is 0.00276. The van der Waals surface area contributed by atoms with Gasteiger partial charge in [0.25, 0.3) is 0 Å². The van der Waals surface area contributed by atoms with Crippen molar-refractivity contribution in [3.63, 3.8) is 0 Å². The Bertz CT molecular complexity index is 307. The normalized spacial score (nSPS) is 24.3. The zero-order valence-corrected chi connectivity index (χ0v) is 12.9. The summed E-state index contributed by atoms with van der Waals surface area (Å²) in [5.41, 5.74) is -0.281. The van der Waals surface area contributed by atoms with Crippen molar-refractivity contribution in [3.05, 3.63) is 0 Å². The molecule has 110 valence electrons. The van der Waals surface area contributed by atoms with E-state index in [4.69, 9.17) is 0 Å². The van der Waals surface area contributed by atoms with Crippen LogP contribution >= 0.6 is 0 Å². The molecule has 0 spiro atoms. The van der Waals surface area contributed by atoms with E-state index >= 15 is 0 Å². The molecule has 0 radical (unpaired) electrons. The van der Waals surface area contributed by atoms with Crippen LogP contribution in [0.4, 0.5) is 0 Å². The smallest absolute Gasteiger partial charge is 0.242 e. The molecular formula is C16H30N2O. The number of nitrogens with one attached hydrogen (secondary N) is 1. The number of likely N-dealkylation sites (tertiary alicyclic amines) is 1. The van der Waals surface area contributed by atoms with Gasteiger partial charge in [0.15, 0.2) is 0 Å². The first-order valence-corrected chi connectivity index (χ1v) is 8.02. The minimum Gasteiger partial charge on any atom is -0.341 e. The number of rotatable bonds is 2. The summed E-state index contributed by atoms with van der Waals surface area (Å²) in [5, 5.41) is 3.68. The maximum Gasteiger partial charge on any atom is 0.242 e. The Balaban J connectivity index is 2.13. The maximum absolute atomic E-state index is 13.0. The number of nitrogens with zero attached hydrogens (tertiary/aromatic N) is 1. The number of piperidine rings is 1. The summed E-state index contributed by atoms with van der Waals surface area (Å²) < 4.78 is 0. The Hall–Kier alpha value is -0.570. The molecule has 1 heterocycles. The Morgan fingerprint density at radius 3 is 2.00 bits per heavy atom. The van der Waals surface area contributed by atoms with Crippen molar-refractivity contribution >= 4 is 5.91 Å². The second-order valence-electron chi connectivity index (χ2n) is 7.37. The Kier molecular flexibility index (Phi) is 4.54. The summed E-state index contributed by atoms with van der Waals surface area (Å²) in [6.07, 6.45) is 9.31. The van der Waals surface area contributed by atoms with Crippen LogP contribution in [0.2, 0.25) is 0 Å². The van der Waals surface area contributed by atoms with Crippen LogP contribution in [0.15, 0.2) is 0 Å². The van der Waals surface area contributed by atoms with Crippen LogP contribution < -0.4 is 5.32 Å². The highest BCUT2D eigenvalue weighted by atomic mass is 16.2. The summed E-state index contributed by atoms with van der Waals surface area (Å²) in [5.74, 6) is 0.377. The Morgan fingerprint density at radius 2 is 1.47 bits per heavy atom. The van der Waals surface area contributed by atoms with Crippen molar-refractivity contribution in [2.75, 3.05) is 13.1 Å². The average Bonchev–Trinajstić information content (AvgIpc) is 2.38. The highest BCUT2D eigenvalue weighted by Crippen LogP contribution is 2.32. The minimum atomic E-state index is -0.284. The lowest BCUT2D eigenvalue weighted by molar-refractivity contribution is -0.141. The van der Waals surface area contributed by atoms with Crippen LogP contribution in [0.3, 0.4) is 0 Å². The summed E-state index contributed by atoms with van der Waals surface area (Å²) >= 11 is 0. The van der Waals surface area contributed by atoms with Crippen LogP contribution in [-0.4, -0.2) is 35.0 Å². The van der Waals surface area contributed by atoms with Gasteiger partial charge in [0.05, 0.1) is 5.54 Å². The molecule has 1 aliphatic heterocycles. The van der Waals surface area contributed by atoms with Crippen molar-refractivity contribution in [1.82, 2.24) is 10.2 Å². The largest absolute Gasteiger partial charge is 0.341 e. The van der Waals surface area contributed by atoms with Crippen LogP contribution in [0, 0.1) is 0 Å². The summed E-state index contributed by atoms with van der Waals surface area (Å²) in [6.45, 7) is 8.45. The molecule has 1 amide bonds. The topological polar surface area (TPSA) is 32.3 Å². The third-order valence-corrected chi connectivity index (χ3v) is 4.37. The van der Waals surface area contributed by atoms with E-state index in [1.165, 1.54) is 38.5 Å². The number of hydrogen-bond acceptors (Lipinski definition) is 2. The van der Waals surface area contributed by atoms with Crippen LogP contribution in [-0.2, 0) is 4.79 Å². The van der Waals surface area contributed by atoms with Crippen molar-refractivity contribution in [1.29, 1.82) is 0 Å². The van der Waals surface area contributed by atoms with Gasteiger partial charge < -0.3 is 4.90 Å². The van der Waals surface area contributed by atoms with E-state index in [2.05, 4.69) is 31.0 Å². The monoisotopic (exact) mass is 266 g/mol. The molecule has 0 bridgehead atoms. The van der Waals surface area contributed by atoms with Gasteiger partial charge in [-0.15, -0.1) is 0 Å². The molecular weight excluding hydrogens is 236 g/mol. The molecule has 0 unspecified atom stereocenters. The highest BCUT2D eigenvalue weighted by Gasteiger charge is 2.44. The lowest BCUT2D eigenvalue weighted by atomic mass is 9.78. The van der Waals surface area contributed by atoms with Gasteiger partial charge in [-0.2, -0.15) is 0 Å². The molecule has 3 nitrogen and oxygen atoms in total. The molecule has 1 aliphatic carbocycles. The van der Waals surface area contributed by atoms with Gasteiger partial charge in [0.1, 0.15) is 0 Å². The van der Waals surface area contributed by atoms with Crippen molar-refractivity contribution in [3.8, 4) is 0 Å². The summed E-state index contributed by atoms with van der Waals surface area (Å²) in [7, 11) is 0. The third kappa shape index (κ3) is 3.71. The first-order chi connectivity index (χ1) is 8.93. The van der Waals surface area contributed by atoms with E-state index in [1.54, 1.807) is 0 Å². The molecule has 0 aromatic heterocycles. The molecule has 2 rings (SSSR count). The van der Waals surface area contributed by atoms with Crippen molar-refractivity contribution < 1.29 is 4.79 Å². The van der Waals surface area contributed by atoms with Gasteiger partial charge >= 0.3 is 0 Å². The summed E-state index contributed by atoms with van der Waals surface area (Å²) in [6, 6.07) is 0. The standard InChI is InChI=1S/C16H30N2O/c1-15(2,3)17-16(10-6-4-7-11-16)14(19)18-12-8-5-9-13-18/h17H,4-13H2,1-3H3. The van der Waals surface area contributed by atoms with Crippen molar-refractivity contribution in [2.24, 2.45) is 0 Å². The van der Waals surface area contributed by atoms with Gasteiger partial charge in [0.2, 0.25) is 5.91 Å². The van der Waals surface area contributed by atoms with Crippen molar-refractivity contribution in [2.45, 2.75) is 83.2 Å². The number of carbonyl (C=O) groups excluding carboxylic acids is 1. The van der Waals surface area contributed by atoms with Gasteiger partial charge in [-0.25, -0.2) is 0 Å². The lowest BCUT2D eigenvalue weighted by Crippen LogP contribution is -2.64. The molecule has 0 aromatic carbocycles. The lowest BCUT2D eigenvalue weighted by Gasteiger charge is -2.45.